The third kappa shape index (κ3) is 3.79. The summed E-state index contributed by atoms with van der Waals surface area (Å²) in [6.45, 7) is 8.12. The fourth-order valence-electron chi connectivity index (χ4n) is 2.60. The molecule has 2 aromatic heterocycles. The van der Waals surface area contributed by atoms with Crippen molar-refractivity contribution in [2.45, 2.75) is 40.2 Å². The summed E-state index contributed by atoms with van der Waals surface area (Å²) in [6.07, 6.45) is 2.09. The standard InChI is InChI=1S/C18H25N3O2/c1-5-12(2)16(22)11-20-18(23)15-10-13(3)21(14(15)4)17-8-6-7-9-19-17/h6-10,12,16,22H,5,11H2,1-4H3,(H,20,23). The van der Waals surface area contributed by atoms with Crippen LogP contribution >= 0.6 is 0 Å². The lowest BCUT2D eigenvalue weighted by atomic mass is 10.0. The van der Waals surface area contributed by atoms with E-state index in [-0.39, 0.29) is 18.4 Å². The van der Waals surface area contributed by atoms with Crippen LogP contribution in [-0.2, 0) is 0 Å². The number of pyridine rings is 1. The van der Waals surface area contributed by atoms with Crippen molar-refractivity contribution in [2.24, 2.45) is 5.92 Å². The van der Waals surface area contributed by atoms with Crippen molar-refractivity contribution in [2.75, 3.05) is 6.54 Å². The molecule has 0 aliphatic heterocycles. The highest BCUT2D eigenvalue weighted by Crippen LogP contribution is 2.19. The molecule has 2 N–H and O–H groups in total. The van der Waals surface area contributed by atoms with Crippen LogP contribution in [-0.4, -0.2) is 33.2 Å². The van der Waals surface area contributed by atoms with E-state index in [4.69, 9.17) is 0 Å². The molecule has 23 heavy (non-hydrogen) atoms. The Kier molecular flexibility index (Phi) is 5.55. The van der Waals surface area contributed by atoms with Crippen LogP contribution in [0.3, 0.4) is 0 Å². The number of rotatable bonds is 6. The molecule has 0 bridgehead atoms. The Morgan fingerprint density at radius 2 is 2.13 bits per heavy atom. The van der Waals surface area contributed by atoms with E-state index in [1.165, 1.54) is 0 Å². The molecule has 0 spiro atoms. The number of aliphatic hydroxyl groups excluding tert-OH is 1. The maximum absolute atomic E-state index is 12.4. The van der Waals surface area contributed by atoms with Gasteiger partial charge in [0.15, 0.2) is 0 Å². The summed E-state index contributed by atoms with van der Waals surface area (Å²) < 4.78 is 1.96. The molecule has 2 aromatic rings. The number of aromatic nitrogens is 2. The van der Waals surface area contributed by atoms with Crippen LogP contribution in [0.1, 0.15) is 42.0 Å². The molecular weight excluding hydrogens is 290 g/mol. The zero-order chi connectivity index (χ0) is 17.0. The summed E-state index contributed by atoms with van der Waals surface area (Å²) >= 11 is 0. The lowest BCUT2D eigenvalue weighted by molar-refractivity contribution is 0.0849. The summed E-state index contributed by atoms with van der Waals surface area (Å²) in [5.41, 5.74) is 2.41. The van der Waals surface area contributed by atoms with Crippen molar-refractivity contribution in [3.8, 4) is 5.82 Å². The maximum Gasteiger partial charge on any atom is 0.253 e. The van der Waals surface area contributed by atoms with Crippen LogP contribution in [0, 0.1) is 19.8 Å². The molecule has 0 fully saturated rings. The van der Waals surface area contributed by atoms with Crippen molar-refractivity contribution >= 4 is 5.91 Å². The van der Waals surface area contributed by atoms with Gasteiger partial charge in [0.1, 0.15) is 5.82 Å². The van der Waals surface area contributed by atoms with E-state index in [0.29, 0.717) is 5.56 Å². The minimum absolute atomic E-state index is 0.163. The number of carbonyl (C=O) groups is 1. The van der Waals surface area contributed by atoms with Gasteiger partial charge in [-0.25, -0.2) is 4.98 Å². The second kappa shape index (κ2) is 7.42. The first-order chi connectivity index (χ1) is 11.0. The van der Waals surface area contributed by atoms with E-state index in [1.807, 2.05) is 56.5 Å². The third-order valence-electron chi connectivity index (χ3n) is 4.33. The molecule has 5 nitrogen and oxygen atoms in total. The Morgan fingerprint density at radius 1 is 1.39 bits per heavy atom. The van der Waals surface area contributed by atoms with Crippen molar-refractivity contribution in [3.63, 3.8) is 0 Å². The molecule has 1 amide bonds. The Bertz CT molecular complexity index is 664. The number of carbonyl (C=O) groups excluding carboxylic acids is 1. The number of aryl methyl sites for hydroxylation is 1. The largest absolute Gasteiger partial charge is 0.391 e. The summed E-state index contributed by atoms with van der Waals surface area (Å²) in [4.78, 5) is 16.8. The molecule has 2 atom stereocenters. The second-order valence-electron chi connectivity index (χ2n) is 5.97. The SMILES string of the molecule is CCC(C)C(O)CNC(=O)c1cc(C)n(-c2ccccn2)c1C. The fraction of sp³-hybridized carbons (Fsp3) is 0.444. The van der Waals surface area contributed by atoms with Gasteiger partial charge in [0, 0.05) is 24.1 Å². The molecule has 0 saturated heterocycles. The van der Waals surface area contributed by atoms with Gasteiger partial charge in [0.2, 0.25) is 0 Å². The Balaban J connectivity index is 2.17. The zero-order valence-electron chi connectivity index (χ0n) is 14.2. The van der Waals surface area contributed by atoms with E-state index in [9.17, 15) is 9.90 Å². The topological polar surface area (TPSA) is 67.2 Å². The fourth-order valence-corrected chi connectivity index (χ4v) is 2.60. The van der Waals surface area contributed by atoms with Gasteiger partial charge >= 0.3 is 0 Å². The molecule has 0 saturated carbocycles. The van der Waals surface area contributed by atoms with Gasteiger partial charge in [0.25, 0.3) is 5.91 Å². The third-order valence-corrected chi connectivity index (χ3v) is 4.33. The summed E-state index contributed by atoms with van der Waals surface area (Å²) in [5.74, 6) is 0.792. The van der Waals surface area contributed by atoms with E-state index >= 15 is 0 Å². The number of hydrogen-bond donors (Lipinski definition) is 2. The molecule has 0 aromatic carbocycles. The summed E-state index contributed by atoms with van der Waals surface area (Å²) in [5, 5.41) is 12.8. The molecule has 2 unspecified atom stereocenters. The van der Waals surface area contributed by atoms with Gasteiger partial charge < -0.3 is 15.0 Å². The van der Waals surface area contributed by atoms with E-state index in [2.05, 4.69) is 10.3 Å². The van der Waals surface area contributed by atoms with E-state index < -0.39 is 6.10 Å². The lowest BCUT2D eigenvalue weighted by Gasteiger charge is -2.17. The summed E-state index contributed by atoms with van der Waals surface area (Å²) in [7, 11) is 0. The average molecular weight is 315 g/mol. The van der Waals surface area contributed by atoms with Crippen LogP contribution in [0.25, 0.3) is 5.82 Å². The normalized spacial score (nSPS) is 13.6. The predicted molar refractivity (Wildman–Crippen MR) is 90.8 cm³/mol. The number of nitrogens with zero attached hydrogens (tertiary/aromatic N) is 2. The first-order valence-electron chi connectivity index (χ1n) is 8.02. The quantitative estimate of drug-likeness (QED) is 0.861. The van der Waals surface area contributed by atoms with Crippen molar-refractivity contribution < 1.29 is 9.90 Å². The van der Waals surface area contributed by atoms with Gasteiger partial charge in [-0.3, -0.25) is 4.79 Å². The minimum atomic E-state index is -0.525. The van der Waals surface area contributed by atoms with Crippen molar-refractivity contribution in [1.82, 2.24) is 14.9 Å². The minimum Gasteiger partial charge on any atom is -0.391 e. The van der Waals surface area contributed by atoms with Gasteiger partial charge in [0.05, 0.1) is 11.7 Å². The van der Waals surface area contributed by atoms with Gasteiger partial charge in [-0.05, 0) is 38.0 Å². The average Bonchev–Trinajstić information content (AvgIpc) is 2.86. The molecule has 5 heteroatoms. The van der Waals surface area contributed by atoms with Crippen LogP contribution in [0.4, 0.5) is 0 Å². The van der Waals surface area contributed by atoms with Gasteiger partial charge in [-0.15, -0.1) is 0 Å². The number of amides is 1. The van der Waals surface area contributed by atoms with Crippen molar-refractivity contribution in [3.05, 3.63) is 47.4 Å². The second-order valence-corrected chi connectivity index (χ2v) is 5.97. The van der Waals surface area contributed by atoms with Gasteiger partial charge in [-0.2, -0.15) is 0 Å². The Labute approximate surface area is 137 Å². The smallest absolute Gasteiger partial charge is 0.253 e. The van der Waals surface area contributed by atoms with Crippen molar-refractivity contribution in [1.29, 1.82) is 0 Å². The Morgan fingerprint density at radius 3 is 2.74 bits per heavy atom. The number of nitrogens with one attached hydrogen (secondary N) is 1. The highest BCUT2D eigenvalue weighted by molar-refractivity contribution is 5.95. The predicted octanol–water partition coefficient (Wildman–Crippen LogP) is 2.63. The van der Waals surface area contributed by atoms with Crippen LogP contribution in [0.5, 0.6) is 0 Å². The number of hydrogen-bond acceptors (Lipinski definition) is 3. The molecule has 2 heterocycles. The molecule has 0 aliphatic carbocycles. The van der Waals surface area contributed by atoms with Crippen LogP contribution in [0.2, 0.25) is 0 Å². The highest BCUT2D eigenvalue weighted by Gasteiger charge is 2.19. The molecule has 2 rings (SSSR count). The molecule has 124 valence electrons. The molecule has 0 radical (unpaired) electrons. The van der Waals surface area contributed by atoms with Gasteiger partial charge in [-0.1, -0.05) is 26.3 Å². The Hall–Kier alpha value is -2.14. The van der Waals surface area contributed by atoms with Crippen LogP contribution in [0.15, 0.2) is 30.5 Å². The molecule has 0 aliphatic rings. The molecular formula is C18H25N3O2. The first kappa shape index (κ1) is 17.2. The first-order valence-corrected chi connectivity index (χ1v) is 8.02. The summed E-state index contributed by atoms with van der Waals surface area (Å²) in [6, 6.07) is 7.55. The van der Waals surface area contributed by atoms with Crippen LogP contribution < -0.4 is 5.32 Å². The van der Waals surface area contributed by atoms with E-state index in [1.54, 1.807) is 6.20 Å². The maximum atomic E-state index is 12.4. The lowest BCUT2D eigenvalue weighted by Crippen LogP contribution is -2.35. The zero-order valence-corrected chi connectivity index (χ0v) is 14.2. The monoisotopic (exact) mass is 315 g/mol. The van der Waals surface area contributed by atoms with E-state index in [0.717, 1.165) is 23.6 Å². The number of aliphatic hydroxyl groups is 1. The highest BCUT2D eigenvalue weighted by atomic mass is 16.3.